The first-order valence-corrected chi connectivity index (χ1v) is 5.36. The van der Waals surface area contributed by atoms with Crippen LogP contribution in [0.5, 0.6) is 0 Å². The number of rotatable bonds is 3. The Kier molecular flexibility index (Phi) is 3.53. The summed E-state index contributed by atoms with van der Waals surface area (Å²) in [4.78, 5) is 0. The highest BCUT2D eigenvalue weighted by atomic mass is 19.4. The molecule has 0 radical (unpaired) electrons. The molecule has 1 unspecified atom stereocenters. The van der Waals surface area contributed by atoms with Crippen LogP contribution in [0.15, 0.2) is 11.5 Å². The molecule has 0 amide bonds. The van der Waals surface area contributed by atoms with E-state index in [1.807, 2.05) is 13.8 Å². The third-order valence-corrected chi connectivity index (χ3v) is 2.79. The molecule has 5 heteroatoms. The van der Waals surface area contributed by atoms with Crippen LogP contribution in [0.3, 0.4) is 0 Å². The molecule has 88 valence electrons. The molecule has 0 saturated carbocycles. The van der Waals surface area contributed by atoms with Crippen molar-refractivity contribution in [2.45, 2.75) is 45.1 Å². The van der Waals surface area contributed by atoms with Crippen LogP contribution in [0.1, 0.15) is 39.5 Å². The topological polar surface area (TPSA) is 26.0 Å². The van der Waals surface area contributed by atoms with E-state index in [4.69, 9.17) is 5.73 Å². The van der Waals surface area contributed by atoms with Crippen LogP contribution in [-0.4, -0.2) is 12.5 Å². The zero-order valence-corrected chi connectivity index (χ0v) is 9.27. The smallest absolute Gasteiger partial charge is 0.445 e. The Bertz CT molecular complexity index is 252. The molecule has 0 aliphatic heterocycles. The molecule has 0 bridgehead atoms. The van der Waals surface area contributed by atoms with Crippen molar-refractivity contribution < 1.29 is 12.9 Å². The molecule has 2 N–H and O–H groups in total. The zero-order valence-electron chi connectivity index (χ0n) is 9.27. The van der Waals surface area contributed by atoms with Crippen LogP contribution in [0, 0.1) is 5.92 Å². The molecule has 1 aliphatic carbocycles. The molecule has 15 heavy (non-hydrogen) atoms. The summed E-state index contributed by atoms with van der Waals surface area (Å²) in [6.07, 6.45) is 3.47. The van der Waals surface area contributed by atoms with Gasteiger partial charge in [0.15, 0.2) is 0 Å². The van der Waals surface area contributed by atoms with Gasteiger partial charge in [-0.1, -0.05) is 6.42 Å². The summed E-state index contributed by atoms with van der Waals surface area (Å²) in [5, 5.41) is 0. The largest absolute Gasteiger partial charge is 0.505 e. The first kappa shape index (κ1) is 12.6. The van der Waals surface area contributed by atoms with Crippen molar-refractivity contribution in [3.8, 4) is 0 Å². The average Bonchev–Trinajstić information content (AvgIpc) is 2.00. The maximum Gasteiger partial charge on any atom is 0.505 e. The summed E-state index contributed by atoms with van der Waals surface area (Å²) in [5.41, 5.74) is 5.26. The lowest BCUT2D eigenvalue weighted by Crippen LogP contribution is -2.35. The highest BCUT2D eigenvalue weighted by Crippen LogP contribution is 2.34. The molecular formula is C10H18BF3N-. The normalized spacial score (nSPS) is 23.9. The third-order valence-electron chi connectivity index (χ3n) is 2.79. The second-order valence-electron chi connectivity index (χ2n) is 5.19. The molecule has 0 spiro atoms. The lowest BCUT2D eigenvalue weighted by Gasteiger charge is -2.31. The molecule has 1 rings (SSSR count). The Morgan fingerprint density at radius 1 is 1.47 bits per heavy atom. The van der Waals surface area contributed by atoms with E-state index >= 15 is 0 Å². The molecule has 0 aromatic carbocycles. The van der Waals surface area contributed by atoms with Crippen LogP contribution in [0.2, 0.25) is 0 Å². The first-order chi connectivity index (χ1) is 6.68. The predicted molar refractivity (Wildman–Crippen MR) is 57.4 cm³/mol. The van der Waals surface area contributed by atoms with E-state index in [2.05, 4.69) is 0 Å². The maximum absolute atomic E-state index is 12.4. The van der Waals surface area contributed by atoms with Gasteiger partial charge in [0.1, 0.15) is 0 Å². The van der Waals surface area contributed by atoms with Gasteiger partial charge in [0, 0.05) is 5.54 Å². The highest BCUT2D eigenvalue weighted by molar-refractivity contribution is 6.66. The number of halogens is 3. The fourth-order valence-electron chi connectivity index (χ4n) is 2.14. The van der Waals surface area contributed by atoms with E-state index in [-0.39, 0.29) is 17.4 Å². The number of hydrogen-bond acceptors (Lipinski definition) is 1. The molecule has 0 aromatic rings. The second-order valence-corrected chi connectivity index (χ2v) is 5.19. The van der Waals surface area contributed by atoms with Gasteiger partial charge in [-0.25, -0.2) is 0 Å². The Labute approximate surface area is 89.0 Å². The predicted octanol–water partition coefficient (Wildman–Crippen LogP) is 3.23. The fraction of sp³-hybridized carbons (Fsp3) is 0.800. The van der Waals surface area contributed by atoms with Gasteiger partial charge in [-0.2, -0.15) is 0 Å². The molecule has 0 fully saturated rings. The fourth-order valence-corrected chi connectivity index (χ4v) is 2.14. The lowest BCUT2D eigenvalue weighted by molar-refractivity contribution is 0.335. The Morgan fingerprint density at radius 2 is 2.07 bits per heavy atom. The minimum absolute atomic E-state index is 0.171. The molecule has 1 atom stereocenters. The maximum atomic E-state index is 12.4. The number of hydrogen-bond donors (Lipinski definition) is 1. The van der Waals surface area contributed by atoms with Crippen molar-refractivity contribution in [2.24, 2.45) is 11.7 Å². The van der Waals surface area contributed by atoms with E-state index < -0.39 is 6.98 Å². The Morgan fingerprint density at radius 3 is 2.40 bits per heavy atom. The van der Waals surface area contributed by atoms with Gasteiger partial charge in [-0.3, -0.25) is 0 Å². The standard InChI is InChI=1S/C10H18BF3N/c1-10(2,15)7-8-3-5-9(6-4-8)11(12,13)14/h5,8H,3-4,6-7,15H2,1-2H3/q-1. The molecule has 0 saturated heterocycles. The van der Waals surface area contributed by atoms with E-state index in [1.54, 1.807) is 0 Å². The summed E-state index contributed by atoms with van der Waals surface area (Å²) in [7, 11) is 0. The first-order valence-electron chi connectivity index (χ1n) is 5.36. The summed E-state index contributed by atoms with van der Waals surface area (Å²) in [6.45, 7) is -0.923. The van der Waals surface area contributed by atoms with Crippen LogP contribution < -0.4 is 5.73 Å². The SMILES string of the molecule is CC(C)(N)CC1CC=C([B-](F)(F)F)CC1. The van der Waals surface area contributed by atoms with E-state index in [0.717, 1.165) is 6.42 Å². The highest BCUT2D eigenvalue weighted by Gasteiger charge is 2.31. The van der Waals surface area contributed by atoms with Gasteiger partial charge in [-0.05, 0) is 39.0 Å². The van der Waals surface area contributed by atoms with Crippen molar-refractivity contribution in [1.82, 2.24) is 0 Å². The lowest BCUT2D eigenvalue weighted by atomic mass is 9.70. The van der Waals surface area contributed by atoms with E-state index in [9.17, 15) is 12.9 Å². The monoisotopic (exact) mass is 220 g/mol. The van der Waals surface area contributed by atoms with Crippen molar-refractivity contribution in [1.29, 1.82) is 0 Å². The zero-order chi connectivity index (χ0) is 11.7. The van der Waals surface area contributed by atoms with Crippen LogP contribution in [-0.2, 0) is 0 Å². The summed E-state index contributed by atoms with van der Waals surface area (Å²) >= 11 is 0. The van der Waals surface area contributed by atoms with Gasteiger partial charge >= 0.3 is 6.98 Å². The van der Waals surface area contributed by atoms with Gasteiger partial charge in [-0.15, -0.1) is 11.5 Å². The van der Waals surface area contributed by atoms with Crippen LogP contribution in [0.25, 0.3) is 0 Å². The van der Waals surface area contributed by atoms with Gasteiger partial charge < -0.3 is 18.7 Å². The summed E-state index contributed by atoms with van der Waals surface area (Å²) in [5.74, 6) is 0.312. The Balaban J connectivity index is 2.52. The summed E-state index contributed by atoms with van der Waals surface area (Å²) in [6, 6.07) is 0. The van der Waals surface area contributed by atoms with Crippen LogP contribution in [0.4, 0.5) is 12.9 Å². The molecule has 1 nitrogen and oxygen atoms in total. The average molecular weight is 220 g/mol. The van der Waals surface area contributed by atoms with Gasteiger partial charge in [0.05, 0.1) is 0 Å². The summed E-state index contributed by atoms with van der Waals surface area (Å²) < 4.78 is 37.1. The third kappa shape index (κ3) is 4.28. The van der Waals surface area contributed by atoms with Gasteiger partial charge in [0.25, 0.3) is 0 Å². The number of allylic oxidation sites excluding steroid dienone is 2. The molecule has 1 aliphatic rings. The second kappa shape index (κ2) is 4.20. The van der Waals surface area contributed by atoms with E-state index in [1.165, 1.54) is 6.08 Å². The van der Waals surface area contributed by atoms with Crippen molar-refractivity contribution >= 4 is 6.98 Å². The molecule has 0 heterocycles. The molecule has 0 aromatic heterocycles. The minimum atomic E-state index is -4.76. The van der Waals surface area contributed by atoms with Crippen LogP contribution >= 0.6 is 0 Å². The number of nitrogens with two attached hydrogens (primary N) is 1. The quantitative estimate of drug-likeness (QED) is 0.726. The van der Waals surface area contributed by atoms with Crippen molar-refractivity contribution in [2.75, 3.05) is 0 Å². The van der Waals surface area contributed by atoms with Crippen molar-refractivity contribution in [3.05, 3.63) is 11.5 Å². The minimum Gasteiger partial charge on any atom is -0.445 e. The van der Waals surface area contributed by atoms with E-state index in [0.29, 0.717) is 18.8 Å². The van der Waals surface area contributed by atoms with Gasteiger partial charge in [0.2, 0.25) is 0 Å². The molecular weight excluding hydrogens is 202 g/mol. The Hall–Kier alpha value is -0.445. The van der Waals surface area contributed by atoms with Crippen molar-refractivity contribution in [3.63, 3.8) is 0 Å².